The minimum Gasteiger partial charge on any atom is -0.497 e. The first-order chi connectivity index (χ1) is 20.6. The minimum absolute atomic E-state index is 0.00532. The van der Waals surface area contributed by atoms with Gasteiger partial charge in [-0.25, -0.2) is 8.42 Å². The average Bonchev–Trinajstić information content (AvgIpc) is 3.00. The number of anilines is 1. The first-order valence-electron chi connectivity index (χ1n) is 13.4. The highest BCUT2D eigenvalue weighted by Gasteiger charge is 2.28. The van der Waals surface area contributed by atoms with Gasteiger partial charge < -0.3 is 19.5 Å². The van der Waals surface area contributed by atoms with Crippen molar-refractivity contribution >= 4 is 43.9 Å². The fourth-order valence-electron chi connectivity index (χ4n) is 4.71. The maximum absolute atomic E-state index is 13.9. The van der Waals surface area contributed by atoms with Crippen LogP contribution in [-0.2, 0) is 16.6 Å². The van der Waals surface area contributed by atoms with E-state index in [-0.39, 0.29) is 29.0 Å². The van der Waals surface area contributed by atoms with E-state index in [1.165, 1.54) is 30.7 Å². The second-order valence-corrected chi connectivity index (χ2v) is 12.2. The number of aromatic nitrogens is 1. The molecule has 11 nitrogen and oxygen atoms in total. The van der Waals surface area contributed by atoms with Gasteiger partial charge in [0, 0.05) is 42.8 Å². The van der Waals surface area contributed by atoms with E-state index in [0.717, 1.165) is 22.7 Å². The Bertz CT molecular complexity index is 1720. The SMILES string of the molecule is COc1cc(NC(C)CCCN(Cc2ccc(OC)c(OC)c2)S(=O)(=O)c2ccc(Cl)c([N+](=O)[O-])c2)c2ncccc2c1. The number of hydrogen-bond acceptors (Lipinski definition) is 9. The van der Waals surface area contributed by atoms with E-state index in [0.29, 0.717) is 35.7 Å². The lowest BCUT2D eigenvalue weighted by molar-refractivity contribution is -0.384. The van der Waals surface area contributed by atoms with Gasteiger partial charge in [-0.2, -0.15) is 4.31 Å². The Kier molecular flexibility index (Phi) is 10.3. The van der Waals surface area contributed by atoms with E-state index in [1.807, 2.05) is 31.2 Å². The summed E-state index contributed by atoms with van der Waals surface area (Å²) in [5, 5.41) is 15.7. The monoisotopic (exact) mass is 628 g/mol. The van der Waals surface area contributed by atoms with E-state index in [2.05, 4.69) is 10.3 Å². The molecule has 0 fully saturated rings. The van der Waals surface area contributed by atoms with Crippen molar-refractivity contribution in [1.82, 2.24) is 9.29 Å². The van der Waals surface area contributed by atoms with Crippen LogP contribution in [0.4, 0.5) is 11.4 Å². The Labute approximate surface area is 255 Å². The van der Waals surface area contributed by atoms with Crippen molar-refractivity contribution in [3.8, 4) is 17.2 Å². The lowest BCUT2D eigenvalue weighted by atomic mass is 10.1. The average molecular weight is 629 g/mol. The highest BCUT2D eigenvalue weighted by Crippen LogP contribution is 2.32. The maximum Gasteiger partial charge on any atom is 0.289 e. The van der Waals surface area contributed by atoms with E-state index in [9.17, 15) is 18.5 Å². The summed E-state index contributed by atoms with van der Waals surface area (Å²) in [6.45, 7) is 2.16. The minimum atomic E-state index is -4.15. The second kappa shape index (κ2) is 13.9. The molecule has 1 heterocycles. The molecule has 0 saturated heterocycles. The number of methoxy groups -OCH3 is 3. The van der Waals surface area contributed by atoms with Gasteiger partial charge in [-0.15, -0.1) is 0 Å². The van der Waals surface area contributed by atoms with Gasteiger partial charge in [0.25, 0.3) is 5.69 Å². The van der Waals surface area contributed by atoms with Gasteiger partial charge in [-0.1, -0.05) is 23.7 Å². The Morgan fingerprint density at radius 3 is 2.49 bits per heavy atom. The van der Waals surface area contributed by atoms with Crippen molar-refractivity contribution in [1.29, 1.82) is 0 Å². The van der Waals surface area contributed by atoms with E-state index >= 15 is 0 Å². The van der Waals surface area contributed by atoms with Gasteiger partial charge in [-0.3, -0.25) is 15.1 Å². The highest BCUT2D eigenvalue weighted by molar-refractivity contribution is 7.89. The topological polar surface area (TPSA) is 133 Å². The molecule has 1 atom stereocenters. The number of ether oxygens (including phenoxy) is 3. The standard InChI is InChI=1S/C30H33ClN4O7S/c1-20(33-26-17-23(40-2)16-22-8-5-13-32-30(22)26)7-6-14-34(19-21-9-12-28(41-3)29(15-21)42-4)43(38,39)24-10-11-25(31)27(18-24)35(36)37/h5,8-13,15-18,20,33H,6-7,14,19H2,1-4H3. The van der Waals surface area contributed by atoms with Crippen molar-refractivity contribution < 1.29 is 27.6 Å². The third-order valence-corrected chi connectivity index (χ3v) is 9.08. The van der Waals surface area contributed by atoms with Crippen molar-refractivity contribution in [2.45, 2.75) is 37.2 Å². The number of hydrogen-bond donors (Lipinski definition) is 1. The Balaban J connectivity index is 1.57. The molecule has 1 unspecified atom stereocenters. The van der Waals surface area contributed by atoms with Crippen molar-refractivity contribution in [3.05, 3.63) is 87.6 Å². The number of nitro groups is 1. The van der Waals surface area contributed by atoms with E-state index in [4.69, 9.17) is 25.8 Å². The zero-order valence-corrected chi connectivity index (χ0v) is 25.8. The number of nitrogens with zero attached hydrogens (tertiary/aromatic N) is 3. The molecule has 0 aliphatic carbocycles. The predicted molar refractivity (Wildman–Crippen MR) is 166 cm³/mol. The molecule has 1 aromatic heterocycles. The molecule has 0 bridgehead atoms. The molecular formula is C30H33ClN4O7S. The lowest BCUT2D eigenvalue weighted by Crippen LogP contribution is -2.32. The van der Waals surface area contributed by atoms with Crippen LogP contribution in [-0.4, -0.2) is 56.5 Å². The molecule has 228 valence electrons. The molecular weight excluding hydrogens is 596 g/mol. The summed E-state index contributed by atoms with van der Waals surface area (Å²) < 4.78 is 45.2. The molecule has 0 radical (unpaired) electrons. The summed E-state index contributed by atoms with van der Waals surface area (Å²) in [4.78, 5) is 15.1. The maximum atomic E-state index is 13.9. The molecule has 0 aliphatic rings. The fourth-order valence-corrected chi connectivity index (χ4v) is 6.39. The summed E-state index contributed by atoms with van der Waals surface area (Å²) in [7, 11) is 0.468. The van der Waals surface area contributed by atoms with Crippen LogP contribution in [0.1, 0.15) is 25.3 Å². The molecule has 13 heteroatoms. The van der Waals surface area contributed by atoms with Crippen LogP contribution in [0.2, 0.25) is 5.02 Å². The van der Waals surface area contributed by atoms with Crippen LogP contribution in [0.15, 0.2) is 71.8 Å². The van der Waals surface area contributed by atoms with Crippen LogP contribution >= 0.6 is 11.6 Å². The Hall–Kier alpha value is -4.13. The lowest BCUT2D eigenvalue weighted by Gasteiger charge is -2.24. The van der Waals surface area contributed by atoms with Crippen molar-refractivity contribution in [3.63, 3.8) is 0 Å². The quantitative estimate of drug-likeness (QED) is 0.126. The van der Waals surface area contributed by atoms with E-state index < -0.39 is 20.6 Å². The summed E-state index contributed by atoms with van der Waals surface area (Å²) >= 11 is 5.96. The third-order valence-electron chi connectivity index (χ3n) is 6.92. The van der Waals surface area contributed by atoms with E-state index in [1.54, 1.807) is 31.5 Å². The normalized spacial score (nSPS) is 12.2. The number of rotatable bonds is 14. The molecule has 43 heavy (non-hydrogen) atoms. The van der Waals surface area contributed by atoms with Crippen LogP contribution in [0.5, 0.6) is 17.2 Å². The molecule has 4 aromatic rings. The smallest absolute Gasteiger partial charge is 0.289 e. The van der Waals surface area contributed by atoms with Gasteiger partial charge in [-0.05, 0) is 61.7 Å². The van der Waals surface area contributed by atoms with Gasteiger partial charge >= 0.3 is 0 Å². The first kappa shape index (κ1) is 31.8. The van der Waals surface area contributed by atoms with Gasteiger partial charge in [0.15, 0.2) is 11.5 Å². The fraction of sp³-hybridized carbons (Fsp3) is 0.300. The van der Waals surface area contributed by atoms with Gasteiger partial charge in [0.1, 0.15) is 10.8 Å². The van der Waals surface area contributed by atoms with Crippen molar-refractivity contribution in [2.24, 2.45) is 0 Å². The number of nitrogens with one attached hydrogen (secondary N) is 1. The van der Waals surface area contributed by atoms with Crippen LogP contribution in [0.3, 0.4) is 0 Å². The molecule has 4 rings (SSSR count). The summed E-state index contributed by atoms with van der Waals surface area (Å²) in [5.74, 6) is 1.66. The van der Waals surface area contributed by atoms with Crippen LogP contribution < -0.4 is 19.5 Å². The molecule has 0 aliphatic heterocycles. The van der Waals surface area contributed by atoms with Crippen LogP contribution in [0, 0.1) is 10.1 Å². The number of nitro benzene ring substituents is 1. The number of pyridine rings is 1. The number of fused-ring (bicyclic) bond motifs is 1. The number of halogens is 1. The highest BCUT2D eigenvalue weighted by atomic mass is 35.5. The Morgan fingerprint density at radius 1 is 1.02 bits per heavy atom. The molecule has 0 spiro atoms. The van der Waals surface area contributed by atoms with Gasteiger partial charge in [0.05, 0.1) is 42.4 Å². The predicted octanol–water partition coefficient (Wildman–Crippen LogP) is 6.29. The largest absolute Gasteiger partial charge is 0.497 e. The zero-order valence-electron chi connectivity index (χ0n) is 24.2. The summed E-state index contributed by atoms with van der Waals surface area (Å²) in [5.41, 5.74) is 1.79. The van der Waals surface area contributed by atoms with Crippen LogP contribution in [0.25, 0.3) is 10.9 Å². The van der Waals surface area contributed by atoms with Gasteiger partial charge in [0.2, 0.25) is 10.0 Å². The Morgan fingerprint density at radius 2 is 1.79 bits per heavy atom. The molecule has 0 saturated carbocycles. The third kappa shape index (κ3) is 7.45. The number of benzene rings is 3. The zero-order chi connectivity index (χ0) is 31.1. The second-order valence-electron chi connectivity index (χ2n) is 9.84. The molecule has 0 amide bonds. The molecule has 3 aromatic carbocycles. The summed E-state index contributed by atoms with van der Waals surface area (Å²) in [6.07, 6.45) is 2.83. The van der Waals surface area contributed by atoms with Crippen molar-refractivity contribution in [2.75, 3.05) is 33.2 Å². The summed E-state index contributed by atoms with van der Waals surface area (Å²) in [6, 6.07) is 16.2. The first-order valence-corrected chi connectivity index (χ1v) is 15.2. The number of sulfonamides is 1. The molecule has 1 N–H and O–H groups in total.